The van der Waals surface area contributed by atoms with Gasteiger partial charge < -0.3 is 10.1 Å². The molecule has 0 heterocycles. The van der Waals surface area contributed by atoms with Crippen LogP contribution in [0.2, 0.25) is 0 Å². The summed E-state index contributed by atoms with van der Waals surface area (Å²) < 4.78 is 6.51. The van der Waals surface area contributed by atoms with Crippen LogP contribution in [-0.2, 0) is 4.79 Å². The molecule has 1 N–H and O–H groups in total. The van der Waals surface area contributed by atoms with Gasteiger partial charge in [0.1, 0.15) is 5.75 Å². The zero-order valence-electron chi connectivity index (χ0n) is 13.3. The lowest BCUT2D eigenvalue weighted by atomic mass is 10.1. The first kappa shape index (κ1) is 17.3. The summed E-state index contributed by atoms with van der Waals surface area (Å²) >= 11 is 3.44. The lowest BCUT2D eigenvalue weighted by molar-refractivity contribution is -0.117. The minimum absolute atomic E-state index is 0.0396. The van der Waals surface area contributed by atoms with Crippen molar-refractivity contribution in [1.29, 1.82) is 0 Å². The van der Waals surface area contributed by atoms with Gasteiger partial charge in [0.15, 0.2) is 0 Å². The van der Waals surface area contributed by atoms with Gasteiger partial charge in [-0.1, -0.05) is 46.3 Å². The van der Waals surface area contributed by atoms with Crippen molar-refractivity contribution in [1.82, 2.24) is 5.32 Å². The number of carbonyl (C=O) groups excluding carboxylic acids is 1. The molecule has 0 fully saturated rings. The van der Waals surface area contributed by atoms with Gasteiger partial charge in [-0.05, 0) is 43.7 Å². The summed E-state index contributed by atoms with van der Waals surface area (Å²) in [4.78, 5) is 12.1. The largest absolute Gasteiger partial charge is 0.493 e. The number of carbonyl (C=O) groups is 1. The van der Waals surface area contributed by atoms with Crippen LogP contribution in [0.5, 0.6) is 5.75 Å². The third-order valence-corrected chi connectivity index (χ3v) is 3.84. The minimum atomic E-state index is -0.135. The summed E-state index contributed by atoms with van der Waals surface area (Å²) in [5, 5.41) is 2.95. The van der Waals surface area contributed by atoms with E-state index in [1.807, 2.05) is 62.4 Å². The van der Waals surface area contributed by atoms with Gasteiger partial charge in [-0.2, -0.15) is 0 Å². The highest BCUT2D eigenvalue weighted by atomic mass is 79.9. The first-order chi connectivity index (χ1) is 11.1. The summed E-state index contributed by atoms with van der Waals surface area (Å²) in [5.74, 6) is 0.625. The molecule has 0 aromatic heterocycles. The normalized spacial score (nSPS) is 12.1. The number of rotatable bonds is 6. The van der Waals surface area contributed by atoms with Gasteiger partial charge in [0.05, 0.1) is 12.6 Å². The van der Waals surface area contributed by atoms with Crippen LogP contribution in [0.3, 0.4) is 0 Å². The van der Waals surface area contributed by atoms with Crippen LogP contribution in [0.25, 0.3) is 6.08 Å². The van der Waals surface area contributed by atoms with E-state index in [1.54, 1.807) is 6.08 Å². The van der Waals surface area contributed by atoms with Crippen LogP contribution < -0.4 is 10.1 Å². The summed E-state index contributed by atoms with van der Waals surface area (Å²) in [6, 6.07) is 15.6. The fourth-order valence-electron chi connectivity index (χ4n) is 2.19. The number of hydrogen-bond donors (Lipinski definition) is 1. The highest BCUT2D eigenvalue weighted by Gasteiger charge is 2.07. The number of hydrogen-bond acceptors (Lipinski definition) is 2. The Morgan fingerprint density at radius 1 is 1.26 bits per heavy atom. The Hall–Kier alpha value is -2.07. The average Bonchev–Trinajstić information content (AvgIpc) is 2.56. The molecule has 2 rings (SSSR count). The van der Waals surface area contributed by atoms with Gasteiger partial charge in [0.25, 0.3) is 0 Å². The van der Waals surface area contributed by atoms with Crippen LogP contribution in [0.15, 0.2) is 59.1 Å². The average molecular weight is 374 g/mol. The fraction of sp³-hybridized carbons (Fsp3) is 0.211. The van der Waals surface area contributed by atoms with Crippen molar-refractivity contribution >= 4 is 27.9 Å². The molecule has 0 aliphatic heterocycles. The van der Waals surface area contributed by atoms with Crippen LogP contribution >= 0.6 is 15.9 Å². The monoisotopic (exact) mass is 373 g/mol. The molecular weight excluding hydrogens is 354 g/mol. The van der Waals surface area contributed by atoms with Crippen LogP contribution in [0.4, 0.5) is 0 Å². The Morgan fingerprint density at radius 3 is 2.70 bits per heavy atom. The van der Waals surface area contributed by atoms with E-state index >= 15 is 0 Å². The maximum atomic E-state index is 12.1. The molecule has 120 valence electrons. The highest BCUT2D eigenvalue weighted by molar-refractivity contribution is 9.10. The van der Waals surface area contributed by atoms with Gasteiger partial charge in [0, 0.05) is 16.1 Å². The van der Waals surface area contributed by atoms with Crippen LogP contribution in [0.1, 0.15) is 31.0 Å². The van der Waals surface area contributed by atoms with E-state index < -0.39 is 0 Å². The quantitative estimate of drug-likeness (QED) is 0.742. The zero-order valence-corrected chi connectivity index (χ0v) is 14.8. The van der Waals surface area contributed by atoms with Gasteiger partial charge in [-0.3, -0.25) is 4.79 Å². The number of halogens is 1. The molecule has 0 saturated carbocycles. The molecule has 2 aromatic carbocycles. The summed E-state index contributed by atoms with van der Waals surface area (Å²) in [7, 11) is 0. The number of nitrogens with one attached hydrogen (secondary N) is 1. The van der Waals surface area contributed by atoms with E-state index in [0.717, 1.165) is 21.3 Å². The maximum Gasteiger partial charge on any atom is 0.244 e. The van der Waals surface area contributed by atoms with E-state index in [9.17, 15) is 4.79 Å². The molecular formula is C19H20BrNO2. The second kappa shape index (κ2) is 8.53. The summed E-state index contributed by atoms with van der Waals surface area (Å²) in [5.41, 5.74) is 1.94. The molecule has 23 heavy (non-hydrogen) atoms. The highest BCUT2D eigenvalue weighted by Crippen LogP contribution is 2.24. The second-order valence-corrected chi connectivity index (χ2v) is 6.01. The lowest BCUT2D eigenvalue weighted by Crippen LogP contribution is -2.24. The van der Waals surface area contributed by atoms with Crippen molar-refractivity contribution in [2.24, 2.45) is 0 Å². The predicted molar refractivity (Wildman–Crippen MR) is 97.3 cm³/mol. The van der Waals surface area contributed by atoms with Gasteiger partial charge in [-0.25, -0.2) is 0 Å². The molecule has 0 radical (unpaired) electrons. The Morgan fingerprint density at radius 2 is 2.00 bits per heavy atom. The first-order valence-electron chi connectivity index (χ1n) is 7.56. The number of ether oxygens (including phenoxy) is 1. The van der Waals surface area contributed by atoms with Crippen molar-refractivity contribution in [3.63, 3.8) is 0 Å². The van der Waals surface area contributed by atoms with Crippen molar-refractivity contribution in [3.8, 4) is 5.75 Å². The smallest absolute Gasteiger partial charge is 0.244 e. The first-order valence-corrected chi connectivity index (χ1v) is 8.35. The fourth-order valence-corrected chi connectivity index (χ4v) is 2.57. The summed E-state index contributed by atoms with van der Waals surface area (Å²) in [6.07, 6.45) is 3.30. The number of amides is 1. The van der Waals surface area contributed by atoms with Crippen molar-refractivity contribution in [2.45, 2.75) is 19.9 Å². The second-order valence-electron chi connectivity index (χ2n) is 5.09. The van der Waals surface area contributed by atoms with Gasteiger partial charge in [0.2, 0.25) is 5.91 Å². The molecule has 0 bridgehead atoms. The summed E-state index contributed by atoms with van der Waals surface area (Å²) in [6.45, 7) is 4.48. The van der Waals surface area contributed by atoms with Crippen LogP contribution in [0, 0.1) is 0 Å². The maximum absolute atomic E-state index is 12.1. The van der Waals surface area contributed by atoms with Gasteiger partial charge >= 0.3 is 0 Å². The third kappa shape index (κ3) is 5.25. The SMILES string of the molecule is CCOc1ccc(Br)cc1C=CC(=O)NC(C)c1ccccc1. The molecule has 2 aromatic rings. The molecule has 3 nitrogen and oxygen atoms in total. The Balaban J connectivity index is 2.05. The zero-order chi connectivity index (χ0) is 16.7. The molecule has 0 saturated heterocycles. The van der Waals surface area contributed by atoms with E-state index in [2.05, 4.69) is 21.2 Å². The molecule has 1 atom stereocenters. The van der Waals surface area contributed by atoms with E-state index in [1.165, 1.54) is 6.08 Å². The van der Waals surface area contributed by atoms with Crippen molar-refractivity contribution < 1.29 is 9.53 Å². The minimum Gasteiger partial charge on any atom is -0.493 e. The van der Waals surface area contributed by atoms with Crippen molar-refractivity contribution in [2.75, 3.05) is 6.61 Å². The van der Waals surface area contributed by atoms with Crippen molar-refractivity contribution in [3.05, 3.63) is 70.2 Å². The van der Waals surface area contributed by atoms with E-state index in [0.29, 0.717) is 6.61 Å². The third-order valence-electron chi connectivity index (χ3n) is 3.34. The lowest BCUT2D eigenvalue weighted by Gasteiger charge is -2.12. The van der Waals surface area contributed by atoms with Gasteiger partial charge in [-0.15, -0.1) is 0 Å². The Bertz CT molecular complexity index is 683. The standard InChI is InChI=1S/C19H20BrNO2/c1-3-23-18-11-10-17(20)13-16(18)9-12-19(22)21-14(2)15-7-5-4-6-8-15/h4-14H,3H2,1-2H3,(H,21,22). The molecule has 1 unspecified atom stereocenters. The Kier molecular flexibility index (Phi) is 6.41. The predicted octanol–water partition coefficient (Wildman–Crippen LogP) is 4.74. The topological polar surface area (TPSA) is 38.3 Å². The Labute approximate surface area is 145 Å². The van der Waals surface area contributed by atoms with E-state index in [4.69, 9.17) is 4.74 Å². The molecule has 1 amide bonds. The molecule has 0 spiro atoms. The van der Waals surface area contributed by atoms with Crippen LogP contribution in [-0.4, -0.2) is 12.5 Å². The van der Waals surface area contributed by atoms with E-state index in [-0.39, 0.29) is 11.9 Å². The molecule has 4 heteroatoms. The molecule has 0 aliphatic carbocycles. The number of benzene rings is 2. The molecule has 0 aliphatic rings.